The Labute approximate surface area is 133 Å². The van der Waals surface area contributed by atoms with Crippen LogP contribution in [-0.4, -0.2) is 31.7 Å². The van der Waals surface area contributed by atoms with E-state index in [9.17, 15) is 9.59 Å². The highest BCUT2D eigenvalue weighted by Gasteiger charge is 2.52. The van der Waals surface area contributed by atoms with Gasteiger partial charge in [-0.05, 0) is 12.8 Å². The van der Waals surface area contributed by atoms with Gasteiger partial charge in [-0.15, -0.1) is 0 Å². The predicted molar refractivity (Wildman–Crippen MR) is 79.8 cm³/mol. The number of nitrogens with zero attached hydrogens (tertiary/aromatic N) is 4. The summed E-state index contributed by atoms with van der Waals surface area (Å²) in [6.45, 7) is 0.159. The molecule has 1 aliphatic carbocycles. The Hall–Kier alpha value is -2.44. The molecule has 2 aliphatic rings. The molecule has 1 saturated heterocycles. The molecule has 120 valence electrons. The van der Waals surface area contributed by atoms with E-state index >= 15 is 0 Å². The smallest absolute Gasteiger partial charge is 0.236 e. The van der Waals surface area contributed by atoms with E-state index in [-0.39, 0.29) is 18.4 Å². The molecule has 2 aromatic heterocycles. The maximum Gasteiger partial charge on any atom is 0.236 e. The highest BCUT2D eigenvalue weighted by Crippen LogP contribution is 2.47. The van der Waals surface area contributed by atoms with Gasteiger partial charge in [0.15, 0.2) is 5.76 Å². The van der Waals surface area contributed by atoms with E-state index in [1.54, 1.807) is 16.9 Å². The number of imide groups is 1. The minimum atomic E-state index is -0.441. The second kappa shape index (κ2) is 5.04. The van der Waals surface area contributed by atoms with Crippen molar-refractivity contribution in [2.24, 2.45) is 12.5 Å². The van der Waals surface area contributed by atoms with Crippen LogP contribution in [-0.2, 0) is 23.2 Å². The molecule has 0 N–H and O–H groups in total. The van der Waals surface area contributed by atoms with Crippen LogP contribution < -0.4 is 0 Å². The number of rotatable bonds is 3. The van der Waals surface area contributed by atoms with Crippen LogP contribution in [0.15, 0.2) is 23.0 Å². The molecule has 2 aromatic rings. The van der Waals surface area contributed by atoms with Gasteiger partial charge < -0.3 is 4.52 Å². The molecule has 0 atom stereocenters. The van der Waals surface area contributed by atoms with Crippen molar-refractivity contribution in [3.05, 3.63) is 24.2 Å². The molecule has 3 heterocycles. The summed E-state index contributed by atoms with van der Waals surface area (Å²) in [4.78, 5) is 26.2. The highest BCUT2D eigenvalue weighted by molar-refractivity contribution is 6.05. The van der Waals surface area contributed by atoms with Gasteiger partial charge in [0.2, 0.25) is 11.8 Å². The third kappa shape index (κ3) is 2.27. The lowest BCUT2D eigenvalue weighted by molar-refractivity contribution is -0.142. The van der Waals surface area contributed by atoms with Crippen molar-refractivity contribution in [3.8, 4) is 11.3 Å². The third-order valence-corrected chi connectivity index (χ3v) is 4.92. The van der Waals surface area contributed by atoms with Crippen molar-refractivity contribution in [2.75, 3.05) is 0 Å². The molecular formula is C16H18N4O3. The first-order valence-electron chi connectivity index (χ1n) is 7.87. The zero-order valence-corrected chi connectivity index (χ0v) is 13.0. The van der Waals surface area contributed by atoms with Crippen LogP contribution in [0.1, 0.15) is 37.9 Å². The van der Waals surface area contributed by atoms with Crippen molar-refractivity contribution in [1.82, 2.24) is 19.8 Å². The van der Waals surface area contributed by atoms with E-state index in [0.29, 0.717) is 17.9 Å². The summed E-state index contributed by atoms with van der Waals surface area (Å²) >= 11 is 0. The van der Waals surface area contributed by atoms with Crippen molar-refractivity contribution in [3.63, 3.8) is 0 Å². The Morgan fingerprint density at radius 1 is 1.30 bits per heavy atom. The van der Waals surface area contributed by atoms with Gasteiger partial charge in [0, 0.05) is 31.3 Å². The van der Waals surface area contributed by atoms with E-state index in [0.717, 1.165) is 31.2 Å². The lowest BCUT2D eigenvalue weighted by Crippen LogP contribution is -2.33. The summed E-state index contributed by atoms with van der Waals surface area (Å²) in [5.74, 6) is 0.371. The highest BCUT2D eigenvalue weighted by atomic mass is 16.5. The number of aromatic nitrogens is 3. The van der Waals surface area contributed by atoms with Crippen molar-refractivity contribution in [1.29, 1.82) is 0 Å². The van der Waals surface area contributed by atoms with E-state index in [1.165, 1.54) is 4.90 Å². The Bertz CT molecular complexity index is 770. The molecule has 4 rings (SSSR count). The maximum atomic E-state index is 12.7. The summed E-state index contributed by atoms with van der Waals surface area (Å²) in [7, 11) is 1.83. The van der Waals surface area contributed by atoms with Crippen LogP contribution in [0.3, 0.4) is 0 Å². The van der Waals surface area contributed by atoms with Gasteiger partial charge >= 0.3 is 0 Å². The fourth-order valence-electron chi connectivity index (χ4n) is 3.70. The lowest BCUT2D eigenvalue weighted by atomic mass is 9.84. The summed E-state index contributed by atoms with van der Waals surface area (Å²) in [5, 5.41) is 8.10. The summed E-state index contributed by atoms with van der Waals surface area (Å²) in [6, 6.07) is 1.76. The normalized spacial score (nSPS) is 20.1. The van der Waals surface area contributed by atoms with Crippen LogP contribution in [0.25, 0.3) is 11.3 Å². The Morgan fingerprint density at radius 2 is 2.09 bits per heavy atom. The SMILES string of the molecule is Cn1cc(-c2cc(CN3C(=O)CC4(CCCC4)C3=O)on2)cn1. The topological polar surface area (TPSA) is 81.2 Å². The van der Waals surface area contributed by atoms with E-state index in [1.807, 2.05) is 13.2 Å². The molecule has 0 aromatic carbocycles. The van der Waals surface area contributed by atoms with Gasteiger partial charge in [0.25, 0.3) is 0 Å². The maximum absolute atomic E-state index is 12.7. The molecule has 7 nitrogen and oxygen atoms in total. The van der Waals surface area contributed by atoms with Crippen LogP contribution in [0, 0.1) is 5.41 Å². The zero-order chi connectivity index (χ0) is 16.0. The number of amides is 2. The molecule has 0 bridgehead atoms. The fraction of sp³-hybridized carbons (Fsp3) is 0.500. The Kier molecular flexibility index (Phi) is 3.11. The standard InChI is InChI=1S/C16H18N4O3/c1-19-9-11(8-17-19)13-6-12(23-18-13)10-20-14(21)7-16(15(20)22)4-2-3-5-16/h6,8-9H,2-5,7,10H2,1H3. The van der Waals surface area contributed by atoms with Gasteiger partial charge in [-0.25, -0.2) is 0 Å². The molecule has 0 radical (unpaired) electrons. The number of aryl methyl sites for hydroxylation is 1. The molecule has 0 unspecified atom stereocenters. The molecule has 2 amide bonds. The van der Waals surface area contributed by atoms with Gasteiger partial charge in [0.1, 0.15) is 5.69 Å². The van der Waals surface area contributed by atoms with E-state index in [2.05, 4.69) is 10.3 Å². The molecule has 1 spiro atoms. The van der Waals surface area contributed by atoms with Crippen LogP contribution >= 0.6 is 0 Å². The predicted octanol–water partition coefficient (Wildman–Crippen LogP) is 1.89. The molecule has 1 aliphatic heterocycles. The average molecular weight is 314 g/mol. The Morgan fingerprint density at radius 3 is 2.78 bits per heavy atom. The lowest BCUT2D eigenvalue weighted by Gasteiger charge is -2.20. The average Bonchev–Trinajstić information content (AvgIpc) is 3.26. The summed E-state index contributed by atoms with van der Waals surface area (Å²) in [5.41, 5.74) is 1.06. The minimum absolute atomic E-state index is 0.0423. The molecule has 23 heavy (non-hydrogen) atoms. The first-order chi connectivity index (χ1) is 11.1. The van der Waals surface area contributed by atoms with Gasteiger partial charge in [-0.1, -0.05) is 18.0 Å². The van der Waals surface area contributed by atoms with Gasteiger partial charge in [-0.3, -0.25) is 19.2 Å². The molecule has 2 fully saturated rings. The van der Waals surface area contributed by atoms with E-state index in [4.69, 9.17) is 4.52 Å². The number of hydrogen-bond acceptors (Lipinski definition) is 5. The summed E-state index contributed by atoms with van der Waals surface area (Å²) < 4.78 is 6.99. The zero-order valence-electron chi connectivity index (χ0n) is 13.0. The van der Waals surface area contributed by atoms with Gasteiger partial charge in [0.05, 0.1) is 18.2 Å². The van der Waals surface area contributed by atoms with Crippen molar-refractivity contribution >= 4 is 11.8 Å². The number of carbonyl (C=O) groups excluding carboxylic acids is 2. The third-order valence-electron chi connectivity index (χ3n) is 4.92. The number of carbonyl (C=O) groups is 2. The molecular weight excluding hydrogens is 296 g/mol. The molecule has 1 saturated carbocycles. The monoisotopic (exact) mass is 314 g/mol. The number of likely N-dealkylation sites (tertiary alicyclic amines) is 1. The first kappa shape index (κ1) is 14.2. The second-order valence-electron chi connectivity index (χ2n) is 6.53. The van der Waals surface area contributed by atoms with E-state index < -0.39 is 5.41 Å². The Balaban J connectivity index is 1.53. The van der Waals surface area contributed by atoms with Crippen LogP contribution in [0.5, 0.6) is 0 Å². The minimum Gasteiger partial charge on any atom is -0.359 e. The second-order valence-corrected chi connectivity index (χ2v) is 6.53. The molecule has 7 heteroatoms. The number of hydrogen-bond donors (Lipinski definition) is 0. The van der Waals surface area contributed by atoms with Crippen molar-refractivity contribution < 1.29 is 14.1 Å². The van der Waals surface area contributed by atoms with Crippen LogP contribution in [0.4, 0.5) is 0 Å². The largest absolute Gasteiger partial charge is 0.359 e. The fourth-order valence-corrected chi connectivity index (χ4v) is 3.70. The van der Waals surface area contributed by atoms with Gasteiger partial charge in [-0.2, -0.15) is 5.10 Å². The van der Waals surface area contributed by atoms with Crippen molar-refractivity contribution in [2.45, 2.75) is 38.6 Å². The van der Waals surface area contributed by atoms with Crippen LogP contribution in [0.2, 0.25) is 0 Å². The summed E-state index contributed by atoms with van der Waals surface area (Å²) in [6.07, 6.45) is 7.58. The first-order valence-corrected chi connectivity index (χ1v) is 7.87. The quantitative estimate of drug-likeness (QED) is 0.808.